The molecule has 1 aromatic rings. The predicted molar refractivity (Wildman–Crippen MR) is 179 cm³/mol. The molecule has 4 fully saturated rings. The van der Waals surface area contributed by atoms with Crippen molar-refractivity contribution in [2.24, 2.45) is 50.2 Å². The lowest BCUT2D eigenvalue weighted by Crippen LogP contribution is -2.64. The molecule has 4 saturated carbocycles. The SMILES string of the molecule is CC(=O)O[C@H]1CC[C@]2(C)[C@H]3CC[C@]4(C)C(=CC[C@@]5(C(=O)OCc6ccc(Br)cc6)CCC(C)(C)C[C@H]54)[C@]3(C)CC[C@H]2C1(C)C. The van der Waals surface area contributed by atoms with Gasteiger partial charge in [-0.25, -0.2) is 0 Å². The first-order valence-electron chi connectivity index (χ1n) is 17.3. The Hall–Kier alpha value is -1.62. The monoisotopic (exact) mass is 666 g/mol. The summed E-state index contributed by atoms with van der Waals surface area (Å²) < 4.78 is 13.2. The van der Waals surface area contributed by atoms with E-state index in [0.29, 0.717) is 18.4 Å². The molecule has 5 aliphatic carbocycles. The van der Waals surface area contributed by atoms with Gasteiger partial charge < -0.3 is 9.47 Å². The largest absolute Gasteiger partial charge is 0.462 e. The minimum atomic E-state index is -0.447. The average Bonchev–Trinajstić information content (AvgIpc) is 2.93. The molecule has 0 saturated heterocycles. The zero-order valence-corrected chi connectivity index (χ0v) is 30.1. The fourth-order valence-electron chi connectivity index (χ4n) is 12.1. The molecule has 0 bridgehead atoms. The third kappa shape index (κ3) is 4.87. The van der Waals surface area contributed by atoms with Gasteiger partial charge >= 0.3 is 11.9 Å². The van der Waals surface area contributed by atoms with Crippen molar-refractivity contribution in [2.75, 3.05) is 0 Å². The van der Waals surface area contributed by atoms with Crippen LogP contribution in [0.2, 0.25) is 0 Å². The summed E-state index contributed by atoms with van der Waals surface area (Å²) in [5.74, 6) is 1.28. The second kappa shape index (κ2) is 10.7. The molecular weight excluding hydrogens is 612 g/mol. The van der Waals surface area contributed by atoms with Crippen LogP contribution in [0.5, 0.6) is 0 Å². The van der Waals surface area contributed by atoms with Crippen LogP contribution in [0, 0.1) is 50.2 Å². The van der Waals surface area contributed by atoms with Crippen molar-refractivity contribution < 1.29 is 19.1 Å². The summed E-state index contributed by atoms with van der Waals surface area (Å²) in [6, 6.07) is 8.11. The van der Waals surface area contributed by atoms with Crippen molar-refractivity contribution >= 4 is 27.9 Å². The normalized spacial score (nSPS) is 42.0. The first-order chi connectivity index (χ1) is 20.5. The highest BCUT2D eigenvalue weighted by atomic mass is 79.9. The Bertz CT molecular complexity index is 1340. The molecule has 44 heavy (non-hydrogen) atoms. The summed E-state index contributed by atoms with van der Waals surface area (Å²) in [4.78, 5) is 26.3. The third-order valence-electron chi connectivity index (χ3n) is 14.3. The zero-order valence-electron chi connectivity index (χ0n) is 28.5. The molecule has 4 nitrogen and oxygen atoms in total. The highest BCUT2D eigenvalue weighted by Gasteiger charge is 2.68. The van der Waals surface area contributed by atoms with Gasteiger partial charge in [-0.1, -0.05) is 88.2 Å². The molecule has 0 amide bonds. The van der Waals surface area contributed by atoms with E-state index in [0.717, 1.165) is 61.4 Å². The Morgan fingerprint density at radius 1 is 0.818 bits per heavy atom. The number of fused-ring (bicyclic) bond motifs is 7. The average molecular weight is 668 g/mol. The summed E-state index contributed by atoms with van der Waals surface area (Å²) in [6.45, 7) is 19.1. The van der Waals surface area contributed by atoms with Crippen molar-refractivity contribution in [3.63, 3.8) is 0 Å². The molecule has 5 aliphatic rings. The van der Waals surface area contributed by atoms with Gasteiger partial charge in [-0.15, -0.1) is 0 Å². The number of halogens is 1. The van der Waals surface area contributed by atoms with Gasteiger partial charge in [0, 0.05) is 16.8 Å². The molecule has 0 aromatic heterocycles. The minimum absolute atomic E-state index is 0.00121. The van der Waals surface area contributed by atoms with Crippen molar-refractivity contribution in [2.45, 2.75) is 132 Å². The van der Waals surface area contributed by atoms with Gasteiger partial charge in [-0.2, -0.15) is 0 Å². The van der Waals surface area contributed by atoms with Crippen LogP contribution in [0.4, 0.5) is 0 Å². The lowest BCUT2D eigenvalue weighted by atomic mass is 9.34. The van der Waals surface area contributed by atoms with Crippen LogP contribution >= 0.6 is 15.9 Å². The molecule has 8 atom stereocenters. The molecule has 5 heteroatoms. The number of rotatable bonds is 4. The van der Waals surface area contributed by atoms with Crippen LogP contribution in [0.1, 0.15) is 125 Å². The maximum atomic E-state index is 14.3. The Morgan fingerprint density at radius 3 is 2.11 bits per heavy atom. The molecule has 0 spiro atoms. The number of hydrogen-bond acceptors (Lipinski definition) is 4. The molecule has 1 aromatic carbocycles. The van der Waals surface area contributed by atoms with Gasteiger partial charge in [-0.3, -0.25) is 9.59 Å². The van der Waals surface area contributed by atoms with Gasteiger partial charge in [0.15, 0.2) is 0 Å². The number of hydrogen-bond donors (Lipinski definition) is 0. The molecule has 0 radical (unpaired) electrons. The highest BCUT2D eigenvalue weighted by molar-refractivity contribution is 9.10. The van der Waals surface area contributed by atoms with Crippen LogP contribution in [0.15, 0.2) is 40.4 Å². The summed E-state index contributed by atoms with van der Waals surface area (Å²) >= 11 is 3.52. The Balaban J connectivity index is 1.33. The fourth-order valence-corrected chi connectivity index (χ4v) is 12.4. The van der Waals surface area contributed by atoms with E-state index in [2.05, 4.69) is 70.5 Å². The van der Waals surface area contributed by atoms with E-state index in [9.17, 15) is 9.59 Å². The minimum Gasteiger partial charge on any atom is -0.462 e. The van der Waals surface area contributed by atoms with Crippen molar-refractivity contribution in [3.05, 3.63) is 46.0 Å². The zero-order chi connectivity index (χ0) is 31.9. The van der Waals surface area contributed by atoms with Crippen molar-refractivity contribution in [3.8, 4) is 0 Å². The Morgan fingerprint density at radius 2 is 1.45 bits per heavy atom. The van der Waals surface area contributed by atoms with Crippen LogP contribution < -0.4 is 0 Å². The topological polar surface area (TPSA) is 52.6 Å². The second-order valence-electron chi connectivity index (χ2n) is 17.6. The number of carbonyl (C=O) groups excluding carboxylic acids is 2. The smallest absolute Gasteiger partial charge is 0.313 e. The van der Waals surface area contributed by atoms with Crippen LogP contribution in [0.25, 0.3) is 0 Å². The number of benzene rings is 1. The van der Waals surface area contributed by atoms with E-state index in [4.69, 9.17) is 9.47 Å². The van der Waals surface area contributed by atoms with Crippen LogP contribution in [-0.4, -0.2) is 18.0 Å². The molecule has 6 rings (SSSR count). The second-order valence-corrected chi connectivity index (χ2v) is 18.5. The van der Waals surface area contributed by atoms with E-state index in [-0.39, 0.29) is 51.0 Å². The quantitative estimate of drug-likeness (QED) is 0.237. The van der Waals surface area contributed by atoms with E-state index in [1.54, 1.807) is 12.5 Å². The first-order valence-corrected chi connectivity index (χ1v) is 18.1. The molecule has 242 valence electrons. The molecule has 0 heterocycles. The van der Waals surface area contributed by atoms with E-state index in [1.165, 1.54) is 12.8 Å². The number of carbonyl (C=O) groups is 2. The number of esters is 2. The highest BCUT2D eigenvalue weighted by Crippen LogP contribution is 2.75. The lowest BCUT2D eigenvalue weighted by molar-refractivity contribution is -0.201. The number of allylic oxidation sites excluding steroid dienone is 2. The van der Waals surface area contributed by atoms with Gasteiger partial charge in [0.2, 0.25) is 0 Å². The van der Waals surface area contributed by atoms with Crippen molar-refractivity contribution in [1.82, 2.24) is 0 Å². The van der Waals surface area contributed by atoms with Crippen molar-refractivity contribution in [1.29, 1.82) is 0 Å². The van der Waals surface area contributed by atoms with Gasteiger partial charge in [0.05, 0.1) is 5.41 Å². The Labute approximate surface area is 274 Å². The number of ether oxygens (including phenoxy) is 2. The van der Waals surface area contributed by atoms with Gasteiger partial charge in [0.1, 0.15) is 12.7 Å². The standard InChI is InChI=1S/C39H55BrO4/c1-25(41)44-32-16-19-36(6)28(35(32,4)5)13-17-37(7)29(36)14-18-38(8)30(37)15-20-39(22-21-34(2,3)23-31(38)39)33(42)43-24-26-9-11-27(40)12-10-26/h9-12,15,28-29,31-32H,13-14,16-24H2,1-8H3/t28-,29+,31-,32-,36-,37+,38+,39+/m0/s1. The summed E-state index contributed by atoms with van der Waals surface area (Å²) in [6.07, 6.45) is 13.2. The fraction of sp³-hybridized carbons (Fsp3) is 0.744. The Kier molecular flexibility index (Phi) is 7.87. The molecule has 0 unspecified atom stereocenters. The third-order valence-corrected chi connectivity index (χ3v) is 14.8. The first kappa shape index (κ1) is 32.3. The lowest BCUT2D eigenvalue weighted by Gasteiger charge is -2.70. The predicted octanol–water partition coefficient (Wildman–Crippen LogP) is 10.2. The van der Waals surface area contributed by atoms with Gasteiger partial charge in [0.25, 0.3) is 0 Å². The summed E-state index contributed by atoms with van der Waals surface area (Å²) in [7, 11) is 0. The van der Waals surface area contributed by atoms with Crippen LogP contribution in [0.3, 0.4) is 0 Å². The van der Waals surface area contributed by atoms with E-state index in [1.807, 2.05) is 24.3 Å². The molecular formula is C39H55BrO4. The molecule has 0 aliphatic heterocycles. The maximum absolute atomic E-state index is 14.3. The molecule has 0 N–H and O–H groups in total. The summed E-state index contributed by atoms with van der Waals surface area (Å²) in [5, 5.41) is 0. The van der Waals surface area contributed by atoms with E-state index >= 15 is 0 Å². The van der Waals surface area contributed by atoms with E-state index < -0.39 is 5.41 Å². The van der Waals surface area contributed by atoms with Crippen LogP contribution in [-0.2, 0) is 25.7 Å². The summed E-state index contributed by atoms with van der Waals surface area (Å²) in [5.41, 5.74) is 2.74. The maximum Gasteiger partial charge on any atom is 0.313 e. The van der Waals surface area contributed by atoms with Gasteiger partial charge in [-0.05, 0) is 121 Å².